The lowest BCUT2D eigenvalue weighted by molar-refractivity contribution is -0.117. The van der Waals surface area contributed by atoms with Gasteiger partial charge in [-0.2, -0.15) is 0 Å². The molecule has 0 aliphatic heterocycles. The SMILES string of the molecule is CNCCCN(C)CC(=O)Nc1cccnc1Cl. The normalized spacial score (nSPS) is 10.7. The summed E-state index contributed by atoms with van der Waals surface area (Å²) in [5.74, 6) is -0.0862. The minimum atomic E-state index is -0.0862. The Morgan fingerprint density at radius 3 is 3.00 bits per heavy atom. The molecule has 100 valence electrons. The van der Waals surface area contributed by atoms with E-state index in [0.29, 0.717) is 17.4 Å². The molecule has 0 spiro atoms. The molecule has 0 aromatic carbocycles. The van der Waals surface area contributed by atoms with Crippen LogP contribution < -0.4 is 10.6 Å². The number of hydrogen-bond donors (Lipinski definition) is 2. The van der Waals surface area contributed by atoms with Gasteiger partial charge < -0.3 is 10.6 Å². The van der Waals surface area contributed by atoms with Crippen molar-refractivity contribution >= 4 is 23.2 Å². The predicted molar refractivity (Wildman–Crippen MR) is 73.9 cm³/mol. The molecular weight excluding hydrogens is 252 g/mol. The Balaban J connectivity index is 2.35. The minimum Gasteiger partial charge on any atom is -0.322 e. The number of likely N-dealkylation sites (N-methyl/N-ethyl adjacent to an activating group) is 1. The zero-order valence-electron chi connectivity index (χ0n) is 10.7. The van der Waals surface area contributed by atoms with E-state index in [4.69, 9.17) is 11.6 Å². The molecule has 0 aliphatic rings. The number of anilines is 1. The van der Waals surface area contributed by atoms with Crippen molar-refractivity contribution in [2.45, 2.75) is 6.42 Å². The van der Waals surface area contributed by atoms with Crippen LogP contribution in [0, 0.1) is 0 Å². The Labute approximate surface area is 113 Å². The third-order valence-electron chi connectivity index (χ3n) is 2.41. The molecule has 0 bridgehead atoms. The molecule has 5 nitrogen and oxygen atoms in total. The highest BCUT2D eigenvalue weighted by molar-refractivity contribution is 6.32. The van der Waals surface area contributed by atoms with Crippen molar-refractivity contribution in [2.75, 3.05) is 39.0 Å². The Morgan fingerprint density at radius 2 is 2.33 bits per heavy atom. The number of amides is 1. The average Bonchev–Trinajstić information content (AvgIpc) is 2.32. The summed E-state index contributed by atoms with van der Waals surface area (Å²) in [5, 5.41) is 6.12. The highest BCUT2D eigenvalue weighted by Gasteiger charge is 2.08. The summed E-state index contributed by atoms with van der Waals surface area (Å²) < 4.78 is 0. The lowest BCUT2D eigenvalue weighted by atomic mass is 10.3. The highest BCUT2D eigenvalue weighted by Crippen LogP contribution is 2.17. The molecule has 1 amide bonds. The van der Waals surface area contributed by atoms with E-state index in [0.717, 1.165) is 19.5 Å². The van der Waals surface area contributed by atoms with Crippen molar-refractivity contribution in [3.63, 3.8) is 0 Å². The summed E-state index contributed by atoms with van der Waals surface area (Å²) in [6.45, 7) is 2.16. The second-order valence-electron chi connectivity index (χ2n) is 4.08. The number of halogens is 1. The quantitative estimate of drug-likeness (QED) is 0.578. The molecule has 1 aromatic heterocycles. The van der Waals surface area contributed by atoms with E-state index in [1.165, 1.54) is 0 Å². The first-order valence-corrected chi connectivity index (χ1v) is 6.24. The summed E-state index contributed by atoms with van der Waals surface area (Å²) >= 11 is 5.86. The summed E-state index contributed by atoms with van der Waals surface area (Å²) in [4.78, 5) is 17.6. The summed E-state index contributed by atoms with van der Waals surface area (Å²) in [5.41, 5.74) is 0.549. The first-order valence-electron chi connectivity index (χ1n) is 5.87. The Hall–Kier alpha value is -1.17. The second kappa shape index (κ2) is 8.02. The smallest absolute Gasteiger partial charge is 0.238 e. The van der Waals surface area contributed by atoms with Crippen molar-refractivity contribution < 1.29 is 4.79 Å². The van der Waals surface area contributed by atoms with Gasteiger partial charge in [-0.3, -0.25) is 9.69 Å². The number of hydrogen-bond acceptors (Lipinski definition) is 4. The van der Waals surface area contributed by atoms with Gasteiger partial charge in [0.2, 0.25) is 5.91 Å². The molecule has 0 atom stereocenters. The molecule has 1 heterocycles. The van der Waals surface area contributed by atoms with Gasteiger partial charge in [0.15, 0.2) is 5.15 Å². The standard InChI is InChI=1S/C12H19ClN4O/c1-14-6-4-8-17(2)9-11(18)16-10-5-3-7-15-12(10)13/h3,5,7,14H,4,6,8-9H2,1-2H3,(H,16,18). The average molecular weight is 271 g/mol. The molecule has 0 saturated carbocycles. The maximum Gasteiger partial charge on any atom is 0.238 e. The van der Waals surface area contributed by atoms with Crippen LogP contribution in [0.25, 0.3) is 0 Å². The first kappa shape index (κ1) is 14.9. The third kappa shape index (κ3) is 5.44. The number of carbonyl (C=O) groups excluding carboxylic acids is 1. The molecule has 1 aromatic rings. The van der Waals surface area contributed by atoms with Gasteiger partial charge in [0.25, 0.3) is 0 Å². The monoisotopic (exact) mass is 270 g/mol. The zero-order chi connectivity index (χ0) is 13.4. The fourth-order valence-corrected chi connectivity index (χ4v) is 1.69. The van der Waals surface area contributed by atoms with Crippen LogP contribution in [0.2, 0.25) is 5.15 Å². The zero-order valence-corrected chi connectivity index (χ0v) is 11.5. The molecule has 0 saturated heterocycles. The van der Waals surface area contributed by atoms with E-state index < -0.39 is 0 Å². The van der Waals surface area contributed by atoms with Gasteiger partial charge in [-0.05, 0) is 45.7 Å². The molecule has 0 aliphatic carbocycles. The van der Waals surface area contributed by atoms with E-state index in [9.17, 15) is 4.79 Å². The van der Waals surface area contributed by atoms with Gasteiger partial charge >= 0.3 is 0 Å². The highest BCUT2D eigenvalue weighted by atomic mass is 35.5. The summed E-state index contributed by atoms with van der Waals surface area (Å²) in [6, 6.07) is 3.46. The van der Waals surface area contributed by atoms with Crippen LogP contribution in [0.5, 0.6) is 0 Å². The molecule has 0 radical (unpaired) electrons. The number of nitrogens with zero attached hydrogens (tertiary/aromatic N) is 2. The fraction of sp³-hybridized carbons (Fsp3) is 0.500. The van der Waals surface area contributed by atoms with Crippen molar-refractivity contribution in [3.8, 4) is 0 Å². The largest absolute Gasteiger partial charge is 0.322 e. The van der Waals surface area contributed by atoms with Gasteiger partial charge in [-0.15, -0.1) is 0 Å². The molecule has 6 heteroatoms. The predicted octanol–water partition coefficient (Wildman–Crippen LogP) is 1.21. The van der Waals surface area contributed by atoms with Gasteiger partial charge in [-0.25, -0.2) is 4.98 Å². The molecule has 0 unspecified atom stereocenters. The Kier molecular flexibility index (Phi) is 6.64. The topological polar surface area (TPSA) is 57.3 Å². The summed E-state index contributed by atoms with van der Waals surface area (Å²) in [6.07, 6.45) is 2.59. The van der Waals surface area contributed by atoms with E-state index in [1.807, 2.05) is 19.0 Å². The molecule has 18 heavy (non-hydrogen) atoms. The van der Waals surface area contributed by atoms with Crippen LogP contribution >= 0.6 is 11.6 Å². The van der Waals surface area contributed by atoms with E-state index >= 15 is 0 Å². The van der Waals surface area contributed by atoms with Gasteiger partial charge in [-0.1, -0.05) is 11.6 Å². The van der Waals surface area contributed by atoms with Gasteiger partial charge in [0.05, 0.1) is 12.2 Å². The minimum absolute atomic E-state index is 0.0862. The van der Waals surface area contributed by atoms with Crippen molar-refractivity contribution in [1.82, 2.24) is 15.2 Å². The number of pyridine rings is 1. The number of aromatic nitrogens is 1. The van der Waals surface area contributed by atoms with Crippen molar-refractivity contribution in [2.24, 2.45) is 0 Å². The van der Waals surface area contributed by atoms with Crippen LogP contribution in [0.4, 0.5) is 5.69 Å². The molecule has 2 N–H and O–H groups in total. The molecule has 1 rings (SSSR count). The lowest BCUT2D eigenvalue weighted by Crippen LogP contribution is -2.32. The van der Waals surface area contributed by atoms with Crippen molar-refractivity contribution in [1.29, 1.82) is 0 Å². The van der Waals surface area contributed by atoms with Crippen LogP contribution in [0.1, 0.15) is 6.42 Å². The third-order valence-corrected chi connectivity index (χ3v) is 2.71. The lowest BCUT2D eigenvalue weighted by Gasteiger charge is -2.16. The summed E-state index contributed by atoms with van der Waals surface area (Å²) in [7, 11) is 3.83. The maximum atomic E-state index is 11.8. The van der Waals surface area contributed by atoms with Gasteiger partial charge in [0, 0.05) is 6.20 Å². The van der Waals surface area contributed by atoms with Crippen LogP contribution in [0.3, 0.4) is 0 Å². The number of carbonyl (C=O) groups is 1. The van der Waals surface area contributed by atoms with Crippen LogP contribution in [-0.4, -0.2) is 49.5 Å². The number of rotatable bonds is 7. The van der Waals surface area contributed by atoms with E-state index in [1.54, 1.807) is 18.3 Å². The Morgan fingerprint density at radius 1 is 1.56 bits per heavy atom. The fourth-order valence-electron chi connectivity index (χ4n) is 1.52. The second-order valence-corrected chi connectivity index (χ2v) is 4.44. The molecular formula is C12H19ClN4O. The van der Waals surface area contributed by atoms with E-state index in [-0.39, 0.29) is 5.91 Å². The first-order chi connectivity index (χ1) is 8.63. The molecule has 0 fully saturated rings. The van der Waals surface area contributed by atoms with Crippen molar-refractivity contribution in [3.05, 3.63) is 23.5 Å². The van der Waals surface area contributed by atoms with Gasteiger partial charge in [0.1, 0.15) is 0 Å². The number of nitrogens with one attached hydrogen (secondary N) is 2. The van der Waals surface area contributed by atoms with Crippen LogP contribution in [0.15, 0.2) is 18.3 Å². The van der Waals surface area contributed by atoms with E-state index in [2.05, 4.69) is 15.6 Å². The van der Waals surface area contributed by atoms with Crippen LogP contribution in [-0.2, 0) is 4.79 Å². The Bertz CT molecular complexity index is 386. The maximum absolute atomic E-state index is 11.8.